The van der Waals surface area contributed by atoms with E-state index in [9.17, 15) is 5.11 Å². The molecule has 0 aliphatic rings. The number of hydrogen-bond donors (Lipinski definition) is 2. The number of rotatable bonds is 2. The van der Waals surface area contributed by atoms with Gasteiger partial charge in [-0.3, -0.25) is 5.73 Å². The summed E-state index contributed by atoms with van der Waals surface area (Å²) in [6, 6.07) is 10.6. The van der Waals surface area contributed by atoms with Crippen molar-refractivity contribution in [3.8, 4) is 0 Å². The van der Waals surface area contributed by atoms with Crippen molar-refractivity contribution in [2.45, 2.75) is 5.72 Å². The zero-order chi connectivity index (χ0) is 10.7. The Morgan fingerprint density at radius 1 is 1.00 bits per heavy atom. The van der Waals surface area contributed by atoms with E-state index < -0.39 is 5.72 Å². The normalized spacial score (nSPS) is 14.5. The first-order valence-electron chi connectivity index (χ1n) is 4.55. The van der Waals surface area contributed by atoms with Crippen molar-refractivity contribution in [1.29, 1.82) is 0 Å². The molecule has 0 saturated heterocycles. The molecule has 0 fully saturated rings. The average Bonchev–Trinajstić information content (AvgIpc) is 2.31. The maximum absolute atomic E-state index is 10.1. The van der Waals surface area contributed by atoms with Crippen LogP contribution in [0.3, 0.4) is 0 Å². The minimum atomic E-state index is -1.64. The number of nitrogens with two attached hydrogens (primary N) is 1. The average molecular weight is 201 g/mol. The third kappa shape index (κ3) is 1.86. The van der Waals surface area contributed by atoms with Crippen LogP contribution in [-0.2, 0) is 5.72 Å². The van der Waals surface area contributed by atoms with Crippen molar-refractivity contribution < 1.29 is 5.11 Å². The van der Waals surface area contributed by atoms with E-state index in [0.717, 1.165) is 0 Å². The predicted octanol–water partition coefficient (Wildman–Crippen LogP) is 0.629. The van der Waals surface area contributed by atoms with Crippen LogP contribution in [-0.4, -0.2) is 15.1 Å². The Bertz CT molecular complexity index is 387. The molecule has 15 heavy (non-hydrogen) atoms. The van der Waals surface area contributed by atoms with Crippen LogP contribution in [0.5, 0.6) is 0 Å². The maximum Gasteiger partial charge on any atom is 0.201 e. The largest absolute Gasteiger partial charge is 0.365 e. The summed E-state index contributed by atoms with van der Waals surface area (Å²) < 4.78 is 0. The minimum Gasteiger partial charge on any atom is -0.365 e. The van der Waals surface area contributed by atoms with Gasteiger partial charge in [-0.1, -0.05) is 30.3 Å². The molecule has 0 aliphatic carbocycles. The van der Waals surface area contributed by atoms with Crippen LogP contribution in [0.15, 0.2) is 48.8 Å². The van der Waals surface area contributed by atoms with E-state index in [1.165, 1.54) is 0 Å². The second kappa shape index (κ2) is 3.76. The highest BCUT2D eigenvalue weighted by Gasteiger charge is 2.28. The van der Waals surface area contributed by atoms with Gasteiger partial charge in [0.2, 0.25) is 5.72 Å². The number of aromatic nitrogens is 2. The topological polar surface area (TPSA) is 72.0 Å². The van der Waals surface area contributed by atoms with E-state index in [1.807, 2.05) is 6.07 Å². The number of benzene rings is 1. The number of hydrogen-bond acceptors (Lipinski definition) is 4. The van der Waals surface area contributed by atoms with E-state index in [1.54, 1.807) is 42.7 Å². The van der Waals surface area contributed by atoms with Crippen molar-refractivity contribution in [2.75, 3.05) is 0 Å². The van der Waals surface area contributed by atoms with Crippen molar-refractivity contribution in [3.05, 3.63) is 60.2 Å². The van der Waals surface area contributed by atoms with Crippen LogP contribution in [0.2, 0.25) is 0 Å². The second-order valence-electron chi connectivity index (χ2n) is 3.20. The molecule has 2 rings (SSSR count). The Morgan fingerprint density at radius 3 is 2.20 bits per heavy atom. The summed E-state index contributed by atoms with van der Waals surface area (Å²) >= 11 is 0. The lowest BCUT2D eigenvalue weighted by Gasteiger charge is -2.21. The first-order valence-corrected chi connectivity index (χ1v) is 4.55. The predicted molar refractivity (Wildman–Crippen MR) is 55.7 cm³/mol. The van der Waals surface area contributed by atoms with E-state index in [4.69, 9.17) is 5.73 Å². The van der Waals surface area contributed by atoms with Gasteiger partial charge in [0.05, 0.1) is 0 Å². The monoisotopic (exact) mass is 201 g/mol. The van der Waals surface area contributed by atoms with Gasteiger partial charge in [-0.2, -0.15) is 0 Å². The molecule has 1 aromatic heterocycles. The van der Waals surface area contributed by atoms with Crippen LogP contribution in [0.1, 0.15) is 11.4 Å². The molecule has 4 nitrogen and oxygen atoms in total. The molecule has 76 valence electrons. The van der Waals surface area contributed by atoms with E-state index in [-0.39, 0.29) is 5.82 Å². The lowest BCUT2D eigenvalue weighted by molar-refractivity contribution is 0.0785. The SMILES string of the molecule is NC(O)(c1ccccc1)c1ncccn1. The molecule has 2 aromatic rings. The maximum atomic E-state index is 10.1. The molecule has 0 aliphatic heterocycles. The molecule has 1 heterocycles. The molecule has 1 aromatic carbocycles. The molecular weight excluding hydrogens is 190 g/mol. The van der Waals surface area contributed by atoms with Gasteiger partial charge in [0, 0.05) is 18.0 Å². The van der Waals surface area contributed by atoms with E-state index >= 15 is 0 Å². The lowest BCUT2D eigenvalue weighted by Crippen LogP contribution is -2.39. The Kier molecular flexibility index (Phi) is 2.45. The molecule has 4 heteroatoms. The van der Waals surface area contributed by atoms with Crippen LogP contribution in [0, 0.1) is 0 Å². The Labute approximate surface area is 87.4 Å². The van der Waals surface area contributed by atoms with Crippen molar-refractivity contribution in [2.24, 2.45) is 5.73 Å². The standard InChI is InChI=1S/C11H11N3O/c12-11(15,9-5-2-1-3-6-9)10-13-7-4-8-14-10/h1-8,15H,12H2. The molecule has 0 radical (unpaired) electrons. The van der Waals surface area contributed by atoms with Gasteiger partial charge >= 0.3 is 0 Å². The van der Waals surface area contributed by atoms with Crippen LogP contribution in [0.25, 0.3) is 0 Å². The first-order chi connectivity index (χ1) is 7.21. The highest BCUT2D eigenvalue weighted by atomic mass is 16.3. The molecule has 0 spiro atoms. The summed E-state index contributed by atoms with van der Waals surface area (Å²) in [6.07, 6.45) is 3.09. The summed E-state index contributed by atoms with van der Waals surface area (Å²) in [6.45, 7) is 0. The van der Waals surface area contributed by atoms with Crippen molar-refractivity contribution in [1.82, 2.24) is 9.97 Å². The second-order valence-corrected chi connectivity index (χ2v) is 3.20. The van der Waals surface area contributed by atoms with Crippen molar-refractivity contribution >= 4 is 0 Å². The van der Waals surface area contributed by atoms with Crippen LogP contribution < -0.4 is 5.73 Å². The fraction of sp³-hybridized carbons (Fsp3) is 0.0909. The van der Waals surface area contributed by atoms with Gasteiger partial charge in [-0.25, -0.2) is 9.97 Å². The zero-order valence-electron chi connectivity index (χ0n) is 8.04. The summed E-state index contributed by atoms with van der Waals surface area (Å²) in [7, 11) is 0. The van der Waals surface area contributed by atoms with Crippen LogP contribution in [0.4, 0.5) is 0 Å². The molecule has 1 atom stereocenters. The van der Waals surface area contributed by atoms with Crippen LogP contribution >= 0.6 is 0 Å². The summed E-state index contributed by atoms with van der Waals surface area (Å²) in [5, 5.41) is 10.1. The molecule has 3 N–H and O–H groups in total. The summed E-state index contributed by atoms with van der Waals surface area (Å²) in [5.41, 5.74) is 4.72. The number of aliphatic hydroxyl groups is 1. The highest BCUT2D eigenvalue weighted by molar-refractivity contribution is 5.27. The van der Waals surface area contributed by atoms with E-state index in [0.29, 0.717) is 5.56 Å². The zero-order valence-corrected chi connectivity index (χ0v) is 8.04. The Hall–Kier alpha value is -1.78. The fourth-order valence-electron chi connectivity index (χ4n) is 1.32. The molecule has 0 bridgehead atoms. The van der Waals surface area contributed by atoms with Gasteiger partial charge in [-0.05, 0) is 6.07 Å². The molecule has 1 unspecified atom stereocenters. The Balaban J connectivity index is 2.44. The molecular formula is C11H11N3O. The molecule has 0 amide bonds. The fourth-order valence-corrected chi connectivity index (χ4v) is 1.32. The minimum absolute atomic E-state index is 0.191. The summed E-state index contributed by atoms with van der Waals surface area (Å²) in [5.74, 6) is 0.191. The first kappa shape index (κ1) is 9.76. The third-order valence-corrected chi connectivity index (χ3v) is 2.12. The van der Waals surface area contributed by atoms with Gasteiger partial charge in [0.25, 0.3) is 0 Å². The Morgan fingerprint density at radius 2 is 1.60 bits per heavy atom. The van der Waals surface area contributed by atoms with Gasteiger partial charge in [0.1, 0.15) is 0 Å². The third-order valence-electron chi connectivity index (χ3n) is 2.12. The van der Waals surface area contributed by atoms with E-state index in [2.05, 4.69) is 9.97 Å². The number of nitrogens with zero attached hydrogens (tertiary/aromatic N) is 2. The van der Waals surface area contributed by atoms with Gasteiger partial charge in [-0.15, -0.1) is 0 Å². The van der Waals surface area contributed by atoms with Crippen molar-refractivity contribution in [3.63, 3.8) is 0 Å². The lowest BCUT2D eigenvalue weighted by atomic mass is 10.0. The van der Waals surface area contributed by atoms with Gasteiger partial charge < -0.3 is 5.11 Å². The smallest absolute Gasteiger partial charge is 0.201 e. The summed E-state index contributed by atoms with van der Waals surface area (Å²) in [4.78, 5) is 7.88. The highest BCUT2D eigenvalue weighted by Crippen LogP contribution is 2.19. The molecule has 0 saturated carbocycles. The quantitative estimate of drug-likeness (QED) is 0.699. The van der Waals surface area contributed by atoms with Gasteiger partial charge in [0.15, 0.2) is 5.82 Å².